The third-order valence-electron chi connectivity index (χ3n) is 6.65. The SMILES string of the molecule is C/C=C(\N=C(C)Cl)C(=O)NC1=CC=C(CC)C(n2cc(C3=CC(N4CCN(C)CC4)=CN=CC3)nn2)=CC1. The Morgan fingerprint density at radius 2 is 2.00 bits per heavy atom. The van der Waals surface area contributed by atoms with Crippen molar-refractivity contribution in [1.29, 1.82) is 0 Å². The number of hydrogen-bond donors (Lipinski definition) is 1. The fraction of sp³-hybridized carbons (Fsp3) is 0.393. The van der Waals surface area contributed by atoms with Gasteiger partial charge in [-0.2, -0.15) is 0 Å². The Morgan fingerprint density at radius 3 is 2.71 bits per heavy atom. The van der Waals surface area contributed by atoms with E-state index in [2.05, 4.69) is 61.5 Å². The molecule has 1 saturated heterocycles. The van der Waals surface area contributed by atoms with E-state index in [-0.39, 0.29) is 11.6 Å². The summed E-state index contributed by atoms with van der Waals surface area (Å²) in [4.78, 5) is 26.0. The average molecular weight is 535 g/mol. The summed E-state index contributed by atoms with van der Waals surface area (Å²) in [5.74, 6) is -0.295. The number of likely N-dealkylation sites (N-methyl/N-ethyl adjacent to an activating group) is 1. The van der Waals surface area contributed by atoms with Crippen molar-refractivity contribution in [1.82, 2.24) is 30.1 Å². The van der Waals surface area contributed by atoms with Gasteiger partial charge in [-0.1, -0.05) is 42.0 Å². The molecule has 1 aliphatic carbocycles. The standard InChI is InChI=1S/C28H35ClN8O/c1-5-21-7-8-23(32-28(38)25(6-2)31-20(3)29)9-10-27(21)37-19-26(33-34-37)22-11-12-30-18-24(17-22)36-15-13-35(4)14-16-36/h6-8,10,12,17-19H,5,9,11,13-16H2,1-4H3,(H,32,38)/b25-6-,31-20?. The van der Waals surface area contributed by atoms with Crippen molar-refractivity contribution in [3.05, 3.63) is 71.1 Å². The Labute approximate surface area is 229 Å². The molecule has 1 amide bonds. The van der Waals surface area contributed by atoms with Crippen LogP contribution in [0.4, 0.5) is 0 Å². The van der Waals surface area contributed by atoms with Crippen molar-refractivity contribution in [2.45, 2.75) is 40.0 Å². The number of halogens is 1. The van der Waals surface area contributed by atoms with Crippen LogP contribution in [0.25, 0.3) is 11.3 Å². The highest BCUT2D eigenvalue weighted by atomic mass is 35.5. The minimum Gasteiger partial charge on any atom is -0.368 e. The molecule has 10 heteroatoms. The predicted octanol–water partition coefficient (Wildman–Crippen LogP) is 4.37. The molecule has 0 saturated carbocycles. The first-order valence-electron chi connectivity index (χ1n) is 13.0. The van der Waals surface area contributed by atoms with Crippen LogP contribution < -0.4 is 5.32 Å². The molecule has 2 aliphatic heterocycles. The molecule has 1 fully saturated rings. The summed E-state index contributed by atoms with van der Waals surface area (Å²) < 4.78 is 1.82. The number of carbonyl (C=O) groups is 1. The Balaban J connectivity index is 1.52. The maximum absolute atomic E-state index is 12.7. The highest BCUT2D eigenvalue weighted by Crippen LogP contribution is 2.27. The molecule has 200 valence electrons. The number of nitrogens with zero attached hydrogens (tertiary/aromatic N) is 7. The van der Waals surface area contributed by atoms with Gasteiger partial charge in [-0.05, 0) is 50.6 Å². The number of nitrogens with one attached hydrogen (secondary N) is 1. The van der Waals surface area contributed by atoms with Crippen LogP contribution in [0.2, 0.25) is 0 Å². The maximum Gasteiger partial charge on any atom is 0.273 e. The molecule has 0 atom stereocenters. The zero-order valence-electron chi connectivity index (χ0n) is 22.5. The fourth-order valence-corrected chi connectivity index (χ4v) is 4.54. The van der Waals surface area contributed by atoms with Crippen LogP contribution in [0.15, 0.2) is 75.4 Å². The van der Waals surface area contributed by atoms with Gasteiger partial charge in [-0.3, -0.25) is 9.79 Å². The lowest BCUT2D eigenvalue weighted by Crippen LogP contribution is -2.43. The lowest BCUT2D eigenvalue weighted by atomic mass is 10.1. The van der Waals surface area contributed by atoms with E-state index < -0.39 is 0 Å². The maximum atomic E-state index is 12.7. The molecule has 0 spiro atoms. The van der Waals surface area contributed by atoms with E-state index in [9.17, 15) is 4.79 Å². The van der Waals surface area contributed by atoms with Gasteiger partial charge in [-0.15, -0.1) is 5.10 Å². The van der Waals surface area contributed by atoms with Gasteiger partial charge in [0.15, 0.2) is 0 Å². The summed E-state index contributed by atoms with van der Waals surface area (Å²) in [7, 11) is 2.15. The lowest BCUT2D eigenvalue weighted by Gasteiger charge is -2.34. The van der Waals surface area contributed by atoms with Gasteiger partial charge in [0.05, 0.1) is 17.6 Å². The molecule has 0 radical (unpaired) electrons. The number of carbonyl (C=O) groups excluding carboxylic acids is 1. The molecule has 1 N–H and O–H groups in total. The molecule has 0 aromatic carbocycles. The predicted molar refractivity (Wildman–Crippen MR) is 154 cm³/mol. The Bertz CT molecular complexity index is 1300. The quantitative estimate of drug-likeness (QED) is 0.414. The minimum absolute atomic E-state index is 0.276. The smallest absolute Gasteiger partial charge is 0.273 e. The highest BCUT2D eigenvalue weighted by molar-refractivity contribution is 6.65. The van der Waals surface area contributed by atoms with E-state index in [1.54, 1.807) is 19.9 Å². The van der Waals surface area contributed by atoms with Gasteiger partial charge in [0.1, 0.15) is 16.6 Å². The van der Waals surface area contributed by atoms with E-state index >= 15 is 0 Å². The van der Waals surface area contributed by atoms with Gasteiger partial charge in [-0.25, -0.2) is 9.67 Å². The minimum atomic E-state index is -0.295. The molecular weight excluding hydrogens is 500 g/mol. The first kappa shape index (κ1) is 27.5. The summed E-state index contributed by atoms with van der Waals surface area (Å²) in [5.41, 5.74) is 6.11. The third kappa shape index (κ3) is 6.85. The van der Waals surface area contributed by atoms with Gasteiger partial charge in [0.2, 0.25) is 0 Å². The molecule has 9 nitrogen and oxygen atoms in total. The van der Waals surface area contributed by atoms with E-state index in [1.807, 2.05) is 35.4 Å². The number of aromatic nitrogens is 3. The normalized spacial score (nSPS) is 19.6. The summed E-state index contributed by atoms with van der Waals surface area (Å²) in [6, 6.07) is 0. The summed E-state index contributed by atoms with van der Waals surface area (Å²) in [5, 5.41) is 12.2. The first-order chi connectivity index (χ1) is 18.4. The van der Waals surface area contributed by atoms with Crippen molar-refractivity contribution < 1.29 is 4.79 Å². The summed E-state index contributed by atoms with van der Waals surface area (Å²) >= 11 is 5.87. The van der Waals surface area contributed by atoms with Crippen LogP contribution >= 0.6 is 11.6 Å². The van der Waals surface area contributed by atoms with Crippen molar-refractivity contribution >= 4 is 40.2 Å². The third-order valence-corrected chi connectivity index (χ3v) is 6.73. The van der Waals surface area contributed by atoms with Gasteiger partial charge >= 0.3 is 0 Å². The van der Waals surface area contributed by atoms with E-state index in [1.165, 1.54) is 0 Å². The monoisotopic (exact) mass is 534 g/mol. The average Bonchev–Trinajstić information content (AvgIpc) is 3.13. The van der Waals surface area contributed by atoms with Gasteiger partial charge in [0, 0.05) is 57.1 Å². The zero-order valence-corrected chi connectivity index (χ0v) is 23.2. The van der Waals surface area contributed by atoms with Crippen LogP contribution in [0.1, 0.15) is 45.7 Å². The zero-order chi connectivity index (χ0) is 27.1. The van der Waals surface area contributed by atoms with Gasteiger partial charge in [0.25, 0.3) is 5.91 Å². The largest absolute Gasteiger partial charge is 0.368 e. The number of piperazine rings is 1. The first-order valence-corrected chi connectivity index (χ1v) is 13.3. The van der Waals surface area contributed by atoms with Crippen LogP contribution in [0.3, 0.4) is 0 Å². The second kappa shape index (κ2) is 12.8. The second-order valence-corrected chi connectivity index (χ2v) is 9.91. The van der Waals surface area contributed by atoms with E-state index in [0.29, 0.717) is 18.0 Å². The topological polar surface area (TPSA) is 91.0 Å². The highest BCUT2D eigenvalue weighted by Gasteiger charge is 2.19. The second-order valence-electron chi connectivity index (χ2n) is 9.37. The molecule has 1 aromatic rings. The van der Waals surface area contributed by atoms with Crippen LogP contribution in [-0.2, 0) is 4.79 Å². The molecule has 38 heavy (non-hydrogen) atoms. The number of rotatable bonds is 7. The molecule has 3 heterocycles. The van der Waals surface area contributed by atoms with Crippen LogP contribution in [0.5, 0.6) is 0 Å². The summed E-state index contributed by atoms with van der Waals surface area (Å²) in [6.07, 6.45) is 17.7. The molecule has 3 aliphatic rings. The molecule has 4 rings (SSSR count). The van der Waals surface area contributed by atoms with E-state index in [0.717, 1.165) is 66.5 Å². The van der Waals surface area contributed by atoms with Crippen molar-refractivity contribution in [3.63, 3.8) is 0 Å². The molecule has 0 bridgehead atoms. The molecule has 0 unspecified atom stereocenters. The fourth-order valence-electron chi connectivity index (χ4n) is 4.45. The van der Waals surface area contributed by atoms with Crippen molar-refractivity contribution in [2.24, 2.45) is 9.98 Å². The summed E-state index contributed by atoms with van der Waals surface area (Å²) in [6.45, 7) is 9.52. The van der Waals surface area contributed by atoms with Crippen LogP contribution in [0, 0.1) is 0 Å². The molecular formula is C28H35ClN8O. The molecule has 1 aromatic heterocycles. The number of aliphatic imine (C=N–C) groups is 2. The Kier molecular flexibility index (Phi) is 9.25. The Morgan fingerprint density at radius 1 is 1.21 bits per heavy atom. The lowest BCUT2D eigenvalue weighted by molar-refractivity contribution is -0.116. The number of amides is 1. The number of allylic oxidation sites excluding steroid dienone is 8. The Hall–Kier alpha value is -3.56. The van der Waals surface area contributed by atoms with Crippen molar-refractivity contribution in [2.75, 3.05) is 33.2 Å². The van der Waals surface area contributed by atoms with Gasteiger partial charge < -0.3 is 15.1 Å². The van der Waals surface area contributed by atoms with E-state index in [4.69, 9.17) is 11.6 Å². The van der Waals surface area contributed by atoms with Crippen molar-refractivity contribution in [3.8, 4) is 0 Å². The number of hydrogen-bond acceptors (Lipinski definition) is 7. The van der Waals surface area contributed by atoms with Crippen LogP contribution in [-0.4, -0.2) is 75.3 Å².